The molecule has 5 N–H and O–H groups in total. The minimum atomic E-state index is -1.45. The van der Waals surface area contributed by atoms with E-state index in [9.17, 15) is 19.2 Å². The Bertz CT molecular complexity index is 728. The Labute approximate surface area is 162 Å². The van der Waals surface area contributed by atoms with Crippen LogP contribution in [0.1, 0.15) is 26.7 Å². The maximum absolute atomic E-state index is 12.5. The van der Waals surface area contributed by atoms with Gasteiger partial charge in [-0.3, -0.25) is 9.59 Å². The second-order valence-corrected chi connectivity index (χ2v) is 6.52. The van der Waals surface area contributed by atoms with E-state index in [4.69, 9.17) is 23.2 Å². The molecule has 2 atom stereocenters. The topological polar surface area (TPSA) is 145 Å². The molecule has 148 valence electrons. The molecule has 27 heavy (non-hydrogen) atoms. The van der Waals surface area contributed by atoms with Gasteiger partial charge < -0.3 is 26.2 Å². The van der Waals surface area contributed by atoms with E-state index in [1.807, 2.05) is 0 Å². The number of carboxylic acid groups (broad SMARTS) is 2. The summed E-state index contributed by atoms with van der Waals surface area (Å²) in [5.74, 6) is -3.99. The first-order valence-corrected chi connectivity index (χ1v) is 8.50. The second-order valence-electron chi connectivity index (χ2n) is 6.09. The molecule has 0 radical (unpaired) electrons. The van der Waals surface area contributed by atoms with Gasteiger partial charge in [-0.05, 0) is 36.6 Å². The summed E-state index contributed by atoms with van der Waals surface area (Å²) in [6, 6.07) is 2.48. The molecule has 9 nitrogen and oxygen atoms in total. The number of urea groups is 1. The average molecular weight is 401 g/mol. The number of benzene rings is 1. The summed E-state index contributed by atoms with van der Waals surface area (Å²) in [6.07, 6.45) is -0.776. The van der Waals surface area contributed by atoms with Gasteiger partial charge in [0, 0.05) is 17.1 Å². The van der Waals surface area contributed by atoms with E-state index in [-0.39, 0.29) is 6.42 Å². The maximum Gasteiger partial charge on any atom is 0.326 e. The zero-order valence-electron chi connectivity index (χ0n) is 15.8. The molecule has 0 aromatic heterocycles. The molecule has 0 aliphatic carbocycles. The Morgan fingerprint density at radius 3 is 2.22 bits per heavy atom. The van der Waals surface area contributed by atoms with Crippen LogP contribution in [0.15, 0.2) is 24.3 Å². The number of amides is 3. The normalized spacial score (nSPS) is 13.3. The molecule has 0 saturated heterocycles. The monoisotopic (exact) mass is 400 g/mol. The highest BCUT2D eigenvalue weighted by Gasteiger charge is 2.29. The van der Waals surface area contributed by atoms with Gasteiger partial charge in [0.1, 0.15) is 12.1 Å². The smallest absolute Gasteiger partial charge is 0.326 e. The largest absolute Gasteiger partial charge is 0.481 e. The Morgan fingerprint density at radius 2 is 1.74 bits per heavy atom. The van der Waals surface area contributed by atoms with Crippen molar-refractivity contribution in [2.75, 3.05) is 5.32 Å². The van der Waals surface area contributed by atoms with Gasteiger partial charge in [-0.25, -0.2) is 9.59 Å². The quantitative estimate of drug-likeness (QED) is 0.428. The fourth-order valence-electron chi connectivity index (χ4n) is 2.11. The SMILES string of the molecule is [2H]N(C(=O)Nc1ccc(Cl)cc1)[C@H](C(=O)N[C@@H](CCC(=O)O)C(=O)O)C(C)C. The lowest BCUT2D eigenvalue weighted by Gasteiger charge is -2.24. The highest BCUT2D eigenvalue weighted by molar-refractivity contribution is 6.30. The zero-order valence-corrected chi connectivity index (χ0v) is 15.6. The van der Waals surface area contributed by atoms with E-state index in [1.54, 1.807) is 13.8 Å². The minimum Gasteiger partial charge on any atom is -0.481 e. The Kier molecular flexibility index (Phi) is 7.87. The van der Waals surface area contributed by atoms with Gasteiger partial charge in [-0.15, -0.1) is 0 Å². The van der Waals surface area contributed by atoms with E-state index in [0.717, 1.165) is 0 Å². The Morgan fingerprint density at radius 1 is 1.15 bits per heavy atom. The molecule has 3 amide bonds. The fraction of sp³-hybridized carbons (Fsp3) is 0.412. The van der Waals surface area contributed by atoms with Crippen LogP contribution < -0.4 is 15.9 Å². The van der Waals surface area contributed by atoms with Crippen LogP contribution in [0, 0.1) is 5.92 Å². The molecule has 10 heteroatoms. The number of carbonyl (C=O) groups is 4. The van der Waals surface area contributed by atoms with Crippen molar-refractivity contribution in [3.8, 4) is 0 Å². The highest BCUT2D eigenvalue weighted by atomic mass is 35.5. The first kappa shape index (κ1) is 20.5. The van der Waals surface area contributed by atoms with Crippen LogP contribution in [0.3, 0.4) is 0 Å². The molecule has 1 aromatic carbocycles. The van der Waals surface area contributed by atoms with Crippen LogP contribution in [0.5, 0.6) is 0 Å². The van der Waals surface area contributed by atoms with Crippen LogP contribution in [-0.4, -0.2) is 46.2 Å². The van der Waals surface area contributed by atoms with Crippen molar-refractivity contribution in [2.24, 2.45) is 5.92 Å². The van der Waals surface area contributed by atoms with E-state index < -0.39 is 48.3 Å². The van der Waals surface area contributed by atoms with Crippen molar-refractivity contribution in [2.45, 2.75) is 38.8 Å². The lowest BCUT2D eigenvalue weighted by Crippen LogP contribution is -2.54. The molecule has 0 saturated carbocycles. The summed E-state index contributed by atoms with van der Waals surface area (Å²) >= 11 is 5.77. The summed E-state index contributed by atoms with van der Waals surface area (Å²) < 4.78 is 8.00. The average Bonchev–Trinajstić information content (AvgIpc) is 2.59. The number of nitrogens with one attached hydrogen (secondary N) is 3. The molecule has 0 fully saturated rings. The number of hydrogen-bond donors (Lipinski definition) is 5. The van der Waals surface area contributed by atoms with Crippen LogP contribution in [0.4, 0.5) is 10.5 Å². The third-order valence-corrected chi connectivity index (χ3v) is 3.77. The minimum absolute atomic E-state index is 0.323. The molecule has 0 spiro atoms. The summed E-state index contributed by atoms with van der Waals surface area (Å²) in [5, 5.41) is 23.4. The number of hydrogen-bond acceptors (Lipinski definition) is 4. The molecule has 0 unspecified atom stereocenters. The van der Waals surface area contributed by atoms with E-state index >= 15 is 0 Å². The van der Waals surface area contributed by atoms with E-state index in [0.29, 0.717) is 16.0 Å². The third-order valence-electron chi connectivity index (χ3n) is 3.51. The van der Waals surface area contributed by atoms with Crippen molar-refractivity contribution in [1.82, 2.24) is 10.6 Å². The van der Waals surface area contributed by atoms with Gasteiger partial charge in [0.25, 0.3) is 0 Å². The molecular weight excluding hydrogens is 378 g/mol. The van der Waals surface area contributed by atoms with Crippen LogP contribution >= 0.6 is 11.6 Å². The van der Waals surface area contributed by atoms with Crippen molar-refractivity contribution in [3.63, 3.8) is 0 Å². The van der Waals surface area contributed by atoms with Crippen LogP contribution in [-0.2, 0) is 14.4 Å². The maximum atomic E-state index is 12.5. The van der Waals surface area contributed by atoms with E-state index in [2.05, 4.69) is 10.6 Å². The first-order valence-electron chi connectivity index (χ1n) is 8.57. The Balaban J connectivity index is 2.86. The number of rotatable bonds is 9. The number of anilines is 1. The molecule has 0 bridgehead atoms. The van der Waals surface area contributed by atoms with Gasteiger partial charge in [0.05, 0.1) is 0 Å². The lowest BCUT2D eigenvalue weighted by molar-refractivity contribution is -0.143. The third kappa shape index (κ3) is 7.95. The molecule has 1 aromatic rings. The molecule has 1 rings (SSSR count). The summed E-state index contributed by atoms with van der Waals surface area (Å²) in [4.78, 5) is 46.7. The Hall–Kier alpha value is -2.81. The predicted octanol–water partition coefficient (Wildman–Crippen LogP) is 1.92. The first-order chi connectivity index (χ1) is 13.0. The van der Waals surface area contributed by atoms with Gasteiger partial charge >= 0.3 is 18.0 Å². The standard InChI is InChI=1S/C17H22ClN3O6/c1-9(2)14(15(24)20-12(16(25)26)7-8-13(22)23)21-17(27)19-11-5-3-10(18)4-6-11/h3-6,9,12,14H,7-8H2,1-2H3,(H,20,24)(H,22,23)(H,25,26)(H2,19,21,27)/t12-,14-/m0/s1/i/hD. The number of carbonyl (C=O) groups excluding carboxylic acids is 2. The highest BCUT2D eigenvalue weighted by Crippen LogP contribution is 2.13. The van der Waals surface area contributed by atoms with Crippen molar-refractivity contribution >= 4 is 41.2 Å². The van der Waals surface area contributed by atoms with E-state index in [1.165, 1.54) is 24.3 Å². The van der Waals surface area contributed by atoms with Crippen LogP contribution in [0.2, 0.25) is 6.43 Å². The van der Waals surface area contributed by atoms with Crippen molar-refractivity contribution < 1.29 is 30.8 Å². The van der Waals surface area contributed by atoms with Crippen molar-refractivity contribution in [3.05, 3.63) is 29.3 Å². The summed E-state index contributed by atoms with van der Waals surface area (Å²) in [5.41, 5.74) is 0.361. The number of aliphatic carboxylic acids is 2. The lowest BCUT2D eigenvalue weighted by atomic mass is 10.0. The fourth-order valence-corrected chi connectivity index (χ4v) is 2.23. The molecular formula is C17H22ClN3O6. The number of carboxylic acids is 2. The van der Waals surface area contributed by atoms with Crippen LogP contribution in [0.25, 0.3) is 0 Å². The molecule has 0 aliphatic rings. The number of halogens is 1. The van der Waals surface area contributed by atoms with Gasteiger partial charge in [-0.2, -0.15) is 0 Å². The molecule has 0 aliphatic heterocycles. The molecule has 0 heterocycles. The van der Waals surface area contributed by atoms with Gasteiger partial charge in [0.15, 0.2) is 1.41 Å². The van der Waals surface area contributed by atoms with Crippen molar-refractivity contribution in [1.29, 1.82) is 0 Å². The second kappa shape index (κ2) is 10.4. The summed E-state index contributed by atoms with van der Waals surface area (Å²) in [6.45, 7) is 3.18. The van der Waals surface area contributed by atoms with Gasteiger partial charge in [-0.1, -0.05) is 25.4 Å². The zero-order chi connectivity index (χ0) is 21.4. The van der Waals surface area contributed by atoms with Gasteiger partial charge in [0.2, 0.25) is 5.91 Å². The predicted molar refractivity (Wildman–Crippen MR) is 98.7 cm³/mol. The summed E-state index contributed by atoms with van der Waals surface area (Å²) in [7, 11) is 0.